The lowest BCUT2D eigenvalue weighted by Gasteiger charge is -2.08. The molecule has 0 bridgehead atoms. The highest BCUT2D eigenvalue weighted by Gasteiger charge is 2.10. The minimum absolute atomic E-state index is 0.0482. The number of hydrogen-bond donors (Lipinski definition) is 2. The van der Waals surface area contributed by atoms with Gasteiger partial charge in [-0.15, -0.1) is 0 Å². The van der Waals surface area contributed by atoms with Crippen LogP contribution in [0.15, 0.2) is 78.4 Å². The van der Waals surface area contributed by atoms with Gasteiger partial charge in [0.15, 0.2) is 0 Å². The van der Waals surface area contributed by atoms with Crippen LogP contribution in [0.25, 0.3) is 6.08 Å². The monoisotopic (exact) mass is 404 g/mol. The van der Waals surface area contributed by atoms with Gasteiger partial charge in [0.2, 0.25) is 0 Å². The molecule has 0 saturated carbocycles. The second-order valence-corrected chi connectivity index (χ2v) is 6.59. The number of phenols is 1. The van der Waals surface area contributed by atoms with Crippen LogP contribution in [0.3, 0.4) is 0 Å². The highest BCUT2D eigenvalue weighted by Crippen LogP contribution is 2.19. The van der Waals surface area contributed by atoms with Crippen molar-refractivity contribution in [3.8, 4) is 17.6 Å². The van der Waals surface area contributed by atoms with Crippen LogP contribution in [-0.2, 0) is 11.4 Å². The molecule has 5 nitrogen and oxygen atoms in total. The molecule has 3 aromatic rings. The molecule has 2 N–H and O–H groups in total. The second kappa shape index (κ2) is 9.45. The number of benzene rings is 3. The molecule has 0 aliphatic heterocycles. The lowest BCUT2D eigenvalue weighted by atomic mass is 10.1. The summed E-state index contributed by atoms with van der Waals surface area (Å²) in [6.07, 6.45) is 1.49. The van der Waals surface area contributed by atoms with E-state index in [0.717, 1.165) is 5.56 Å². The molecule has 1 amide bonds. The third kappa shape index (κ3) is 5.86. The van der Waals surface area contributed by atoms with Crippen molar-refractivity contribution >= 4 is 29.3 Å². The van der Waals surface area contributed by atoms with Crippen LogP contribution >= 0.6 is 11.6 Å². The highest BCUT2D eigenvalue weighted by atomic mass is 35.5. The largest absolute Gasteiger partial charge is 0.508 e. The zero-order chi connectivity index (χ0) is 20.6. The quantitative estimate of drug-likeness (QED) is 0.337. The Bertz CT molecular complexity index is 1070. The number of amides is 1. The molecule has 0 spiro atoms. The van der Waals surface area contributed by atoms with Crippen molar-refractivity contribution in [1.82, 2.24) is 0 Å². The minimum atomic E-state index is -0.536. The third-order valence-electron chi connectivity index (χ3n) is 3.98. The average Bonchev–Trinajstić information content (AvgIpc) is 2.73. The molecule has 0 aliphatic carbocycles. The van der Waals surface area contributed by atoms with Crippen LogP contribution in [0, 0.1) is 11.3 Å². The van der Waals surface area contributed by atoms with Gasteiger partial charge < -0.3 is 15.2 Å². The van der Waals surface area contributed by atoms with E-state index >= 15 is 0 Å². The number of nitrogens with zero attached hydrogens (tertiary/aromatic N) is 1. The molecule has 6 heteroatoms. The lowest BCUT2D eigenvalue weighted by Crippen LogP contribution is -2.13. The first-order valence-electron chi connectivity index (χ1n) is 8.73. The van der Waals surface area contributed by atoms with Crippen LogP contribution in [-0.4, -0.2) is 11.0 Å². The van der Waals surface area contributed by atoms with Gasteiger partial charge in [-0.3, -0.25) is 4.79 Å². The summed E-state index contributed by atoms with van der Waals surface area (Å²) in [5, 5.41) is 21.9. The Kier molecular flexibility index (Phi) is 6.51. The normalized spacial score (nSPS) is 10.8. The second-order valence-electron chi connectivity index (χ2n) is 6.16. The van der Waals surface area contributed by atoms with Crippen molar-refractivity contribution in [2.75, 3.05) is 5.32 Å². The van der Waals surface area contributed by atoms with Crippen LogP contribution < -0.4 is 10.1 Å². The fraction of sp³-hybridized carbons (Fsp3) is 0.0435. The first-order chi connectivity index (χ1) is 14.0. The van der Waals surface area contributed by atoms with E-state index in [9.17, 15) is 15.2 Å². The summed E-state index contributed by atoms with van der Waals surface area (Å²) in [6.45, 7) is 0.372. The summed E-state index contributed by atoms with van der Waals surface area (Å²) in [4.78, 5) is 12.3. The molecule has 0 fully saturated rings. The van der Waals surface area contributed by atoms with Crippen molar-refractivity contribution in [2.45, 2.75) is 6.61 Å². The summed E-state index contributed by atoms with van der Waals surface area (Å²) >= 11 is 5.88. The van der Waals surface area contributed by atoms with Gasteiger partial charge in [0.25, 0.3) is 5.91 Å². The van der Waals surface area contributed by atoms with E-state index in [0.29, 0.717) is 28.6 Å². The smallest absolute Gasteiger partial charge is 0.266 e. The van der Waals surface area contributed by atoms with Crippen molar-refractivity contribution in [3.05, 3.63) is 94.5 Å². The van der Waals surface area contributed by atoms with Gasteiger partial charge in [0.05, 0.1) is 0 Å². The van der Waals surface area contributed by atoms with Crippen LogP contribution in [0.5, 0.6) is 11.5 Å². The summed E-state index contributed by atoms with van der Waals surface area (Å²) in [7, 11) is 0. The number of nitriles is 1. The molecule has 0 unspecified atom stereocenters. The number of aromatic hydroxyl groups is 1. The van der Waals surface area contributed by atoms with E-state index in [1.807, 2.05) is 18.2 Å². The number of anilines is 1. The number of ether oxygens (including phenoxy) is 1. The molecule has 0 radical (unpaired) electrons. The summed E-state index contributed by atoms with van der Waals surface area (Å²) in [5.74, 6) is 0.171. The third-order valence-corrected chi connectivity index (χ3v) is 4.23. The number of nitrogens with one attached hydrogen (secondary N) is 1. The van der Waals surface area contributed by atoms with Crippen LogP contribution in [0.2, 0.25) is 5.02 Å². The van der Waals surface area contributed by atoms with Crippen molar-refractivity contribution < 1.29 is 14.6 Å². The van der Waals surface area contributed by atoms with Gasteiger partial charge in [0, 0.05) is 10.7 Å². The zero-order valence-electron chi connectivity index (χ0n) is 15.3. The maximum Gasteiger partial charge on any atom is 0.266 e. The topological polar surface area (TPSA) is 82.3 Å². The number of phenolic OH excluding ortho intramolecular Hbond substituents is 1. The maximum atomic E-state index is 12.3. The first kappa shape index (κ1) is 20.0. The number of carbonyl (C=O) groups excluding carboxylic acids is 1. The number of carbonyl (C=O) groups is 1. The van der Waals surface area contributed by atoms with E-state index in [-0.39, 0.29) is 11.3 Å². The highest BCUT2D eigenvalue weighted by molar-refractivity contribution is 6.30. The Balaban J connectivity index is 1.69. The molecule has 3 aromatic carbocycles. The Morgan fingerprint density at radius 1 is 1.10 bits per heavy atom. The minimum Gasteiger partial charge on any atom is -0.508 e. The molecule has 29 heavy (non-hydrogen) atoms. The van der Waals surface area contributed by atoms with E-state index in [4.69, 9.17) is 16.3 Å². The Hall–Kier alpha value is -3.75. The van der Waals surface area contributed by atoms with Crippen LogP contribution in [0.4, 0.5) is 5.69 Å². The predicted octanol–water partition coefficient (Wildman–Crippen LogP) is 5.17. The Labute approximate surface area is 173 Å². The predicted molar refractivity (Wildman–Crippen MR) is 113 cm³/mol. The van der Waals surface area contributed by atoms with Gasteiger partial charge in [-0.2, -0.15) is 5.26 Å². The van der Waals surface area contributed by atoms with Gasteiger partial charge >= 0.3 is 0 Å². The van der Waals surface area contributed by atoms with Crippen molar-refractivity contribution in [3.63, 3.8) is 0 Å². The van der Waals surface area contributed by atoms with E-state index in [1.54, 1.807) is 48.5 Å². The fourth-order valence-electron chi connectivity index (χ4n) is 2.50. The molecule has 3 rings (SSSR count). The van der Waals surface area contributed by atoms with Gasteiger partial charge in [-0.1, -0.05) is 35.9 Å². The molecule has 0 heterocycles. The zero-order valence-corrected chi connectivity index (χ0v) is 16.1. The molecule has 0 aromatic heterocycles. The van der Waals surface area contributed by atoms with E-state index in [2.05, 4.69) is 5.32 Å². The van der Waals surface area contributed by atoms with Gasteiger partial charge in [-0.25, -0.2) is 0 Å². The van der Waals surface area contributed by atoms with Crippen LogP contribution in [0.1, 0.15) is 11.1 Å². The van der Waals surface area contributed by atoms with Crippen molar-refractivity contribution in [1.29, 1.82) is 5.26 Å². The molecular formula is C23H17ClN2O3. The number of hydrogen-bond acceptors (Lipinski definition) is 4. The molecular weight excluding hydrogens is 388 g/mol. The van der Waals surface area contributed by atoms with Gasteiger partial charge in [0.1, 0.15) is 29.7 Å². The molecule has 0 aliphatic rings. The number of halogens is 1. The number of rotatable bonds is 6. The standard InChI is InChI=1S/C23H17ClN2O3/c24-19-6-4-16(5-7-19)15-29-22-3-1-2-17(13-22)12-18(14-25)23(28)26-20-8-10-21(27)11-9-20/h1-13,27H,15H2,(H,26,28)/b18-12-. The SMILES string of the molecule is N#C/C(=C/c1cccc(OCc2ccc(Cl)cc2)c1)C(=O)Nc1ccc(O)cc1. The molecule has 144 valence electrons. The summed E-state index contributed by atoms with van der Waals surface area (Å²) < 4.78 is 5.78. The molecule has 0 atom stereocenters. The van der Waals surface area contributed by atoms with Gasteiger partial charge in [-0.05, 0) is 65.7 Å². The maximum absolute atomic E-state index is 12.3. The van der Waals surface area contributed by atoms with E-state index < -0.39 is 5.91 Å². The molecule has 0 saturated heterocycles. The lowest BCUT2D eigenvalue weighted by molar-refractivity contribution is -0.112. The Morgan fingerprint density at radius 2 is 1.83 bits per heavy atom. The first-order valence-corrected chi connectivity index (χ1v) is 9.11. The fourth-order valence-corrected chi connectivity index (χ4v) is 2.63. The Morgan fingerprint density at radius 3 is 2.52 bits per heavy atom. The summed E-state index contributed by atoms with van der Waals surface area (Å²) in [6, 6.07) is 22.4. The van der Waals surface area contributed by atoms with Crippen molar-refractivity contribution in [2.24, 2.45) is 0 Å². The average molecular weight is 405 g/mol. The van der Waals surface area contributed by atoms with E-state index in [1.165, 1.54) is 18.2 Å². The summed E-state index contributed by atoms with van der Waals surface area (Å²) in [5.41, 5.74) is 2.07.